The van der Waals surface area contributed by atoms with Crippen molar-refractivity contribution in [2.75, 3.05) is 6.61 Å². The Morgan fingerprint density at radius 2 is 2.04 bits per heavy atom. The number of hydrogen-bond acceptors (Lipinski definition) is 3. The number of alkyl halides is 4. The van der Waals surface area contributed by atoms with E-state index in [-0.39, 0.29) is 27.0 Å². The number of rotatable bonds is 2. The molecule has 0 aromatic carbocycles. The van der Waals surface area contributed by atoms with Gasteiger partial charge in [-0.3, -0.25) is 4.79 Å². The molecule has 1 atom stereocenters. The summed E-state index contributed by atoms with van der Waals surface area (Å²) in [5, 5.41) is 0. The van der Waals surface area contributed by atoms with Crippen molar-refractivity contribution in [1.29, 1.82) is 0 Å². The van der Waals surface area contributed by atoms with E-state index in [2.05, 4.69) is 27.6 Å². The lowest BCUT2D eigenvalue weighted by molar-refractivity contribution is -0.141. The van der Waals surface area contributed by atoms with Crippen LogP contribution in [-0.4, -0.2) is 21.4 Å². The fourth-order valence-electron chi connectivity index (χ4n) is 3.53. The smallest absolute Gasteiger partial charge is 0.433 e. The molecule has 1 unspecified atom stereocenters. The number of nitrogens with two attached hydrogens (primary N) is 1. The van der Waals surface area contributed by atoms with Crippen LogP contribution < -0.4 is 10.5 Å². The van der Waals surface area contributed by atoms with Crippen molar-refractivity contribution in [3.05, 3.63) is 23.4 Å². The van der Waals surface area contributed by atoms with Crippen LogP contribution in [0.4, 0.5) is 13.2 Å². The first-order chi connectivity index (χ1) is 10.7. The molecule has 1 fully saturated rings. The monoisotopic (exact) mass is 440 g/mol. The summed E-state index contributed by atoms with van der Waals surface area (Å²) in [5.41, 5.74) is 4.91. The number of hydrogen-bond donors (Lipinski definition) is 1. The third-order valence-corrected chi connectivity index (χ3v) is 6.51. The molecular formula is C15H16F3IN2O2. The van der Waals surface area contributed by atoms with Crippen LogP contribution >= 0.6 is 22.6 Å². The van der Waals surface area contributed by atoms with E-state index in [0.717, 1.165) is 37.3 Å². The van der Waals surface area contributed by atoms with E-state index in [9.17, 15) is 18.0 Å². The molecule has 2 N–H and O–H groups in total. The lowest BCUT2D eigenvalue weighted by Crippen LogP contribution is -2.38. The zero-order valence-electron chi connectivity index (χ0n) is 12.2. The van der Waals surface area contributed by atoms with Crippen LogP contribution in [0.1, 0.15) is 36.9 Å². The molecule has 3 rings (SSSR count). The Labute approximate surface area is 145 Å². The summed E-state index contributed by atoms with van der Waals surface area (Å²) in [7, 11) is 0. The third-order valence-electron chi connectivity index (χ3n) is 4.88. The highest BCUT2D eigenvalue weighted by molar-refractivity contribution is 14.1. The van der Waals surface area contributed by atoms with Crippen LogP contribution in [0.3, 0.4) is 0 Å². The van der Waals surface area contributed by atoms with Gasteiger partial charge in [-0.2, -0.15) is 13.2 Å². The number of amides is 1. The van der Waals surface area contributed by atoms with E-state index in [1.165, 1.54) is 6.07 Å². The Bertz CT molecular complexity index is 628. The Morgan fingerprint density at radius 1 is 1.39 bits per heavy atom. The molecular weight excluding hydrogens is 424 g/mol. The minimum Gasteiger partial charge on any atom is -0.476 e. The average molecular weight is 440 g/mol. The van der Waals surface area contributed by atoms with E-state index in [1.807, 2.05) is 0 Å². The van der Waals surface area contributed by atoms with Crippen molar-refractivity contribution < 1.29 is 22.7 Å². The molecule has 1 aliphatic carbocycles. The van der Waals surface area contributed by atoms with Crippen molar-refractivity contribution in [2.24, 2.45) is 11.7 Å². The SMILES string of the molecule is NC(=O)C(I)C1CCC2(CC1)COc1nc(C(F)(F)F)ccc12. The number of primary amides is 1. The summed E-state index contributed by atoms with van der Waals surface area (Å²) in [6.07, 6.45) is -1.32. The van der Waals surface area contributed by atoms with E-state index < -0.39 is 11.9 Å². The molecule has 1 saturated carbocycles. The van der Waals surface area contributed by atoms with Gasteiger partial charge in [-0.1, -0.05) is 28.7 Å². The number of carbonyl (C=O) groups is 1. The number of halogens is 4. The van der Waals surface area contributed by atoms with Gasteiger partial charge in [0.25, 0.3) is 0 Å². The highest BCUT2D eigenvalue weighted by atomic mass is 127. The molecule has 8 heteroatoms. The topological polar surface area (TPSA) is 65.2 Å². The second kappa shape index (κ2) is 5.78. The van der Waals surface area contributed by atoms with Crippen molar-refractivity contribution in [3.8, 4) is 5.88 Å². The summed E-state index contributed by atoms with van der Waals surface area (Å²) in [6.45, 7) is 0.353. The molecule has 1 aromatic heterocycles. The first-order valence-corrected chi connectivity index (χ1v) is 8.62. The molecule has 1 aliphatic heterocycles. The minimum absolute atomic E-state index is 0.0965. The molecule has 0 saturated heterocycles. The summed E-state index contributed by atoms with van der Waals surface area (Å²) < 4.78 is 43.5. The average Bonchev–Trinajstić information content (AvgIpc) is 2.85. The van der Waals surface area contributed by atoms with Gasteiger partial charge in [-0.15, -0.1) is 0 Å². The van der Waals surface area contributed by atoms with Crippen LogP contribution in [0.15, 0.2) is 12.1 Å². The van der Waals surface area contributed by atoms with Crippen molar-refractivity contribution >= 4 is 28.5 Å². The number of carbonyl (C=O) groups excluding carboxylic acids is 1. The predicted molar refractivity (Wildman–Crippen MR) is 85.4 cm³/mol. The molecule has 4 nitrogen and oxygen atoms in total. The predicted octanol–water partition coefficient (Wildman–Crippen LogP) is 3.21. The van der Waals surface area contributed by atoms with Crippen molar-refractivity contribution in [2.45, 2.75) is 41.2 Å². The van der Waals surface area contributed by atoms with Gasteiger partial charge in [0.05, 0.1) is 10.5 Å². The van der Waals surface area contributed by atoms with Crippen LogP contribution in [0.2, 0.25) is 0 Å². The number of aromatic nitrogens is 1. The van der Waals surface area contributed by atoms with Crippen LogP contribution in [0.25, 0.3) is 0 Å². The Kier molecular flexibility index (Phi) is 4.22. The molecule has 1 aromatic rings. The zero-order chi connectivity index (χ0) is 16.8. The first kappa shape index (κ1) is 16.8. The summed E-state index contributed by atoms with van der Waals surface area (Å²) in [6, 6.07) is 2.51. The summed E-state index contributed by atoms with van der Waals surface area (Å²) in [4.78, 5) is 14.9. The van der Waals surface area contributed by atoms with E-state index in [1.54, 1.807) is 0 Å². The van der Waals surface area contributed by atoms with Gasteiger partial charge < -0.3 is 10.5 Å². The van der Waals surface area contributed by atoms with Crippen LogP contribution in [0, 0.1) is 5.92 Å². The number of fused-ring (bicyclic) bond motifs is 2. The fourth-order valence-corrected chi connectivity index (χ4v) is 4.25. The van der Waals surface area contributed by atoms with E-state index in [0.29, 0.717) is 6.61 Å². The molecule has 126 valence electrons. The third kappa shape index (κ3) is 3.01. The standard InChI is InChI=1S/C15H16F3IN2O2/c16-15(17,18)10-2-1-9-13(21-10)23-7-14(9)5-3-8(4-6-14)11(19)12(20)22/h1-2,8,11H,3-7H2,(H2,20,22). The van der Waals surface area contributed by atoms with Crippen molar-refractivity contribution in [3.63, 3.8) is 0 Å². The van der Waals surface area contributed by atoms with Gasteiger partial charge in [0.1, 0.15) is 5.69 Å². The normalized spacial score (nSPS) is 28.3. The Hall–Kier alpha value is -1.06. The van der Waals surface area contributed by atoms with Gasteiger partial charge in [-0.25, -0.2) is 4.98 Å². The first-order valence-electron chi connectivity index (χ1n) is 7.38. The number of pyridine rings is 1. The Balaban J connectivity index is 1.80. The highest BCUT2D eigenvalue weighted by Crippen LogP contribution is 2.50. The second-order valence-corrected chi connectivity index (χ2v) is 7.60. The van der Waals surface area contributed by atoms with Gasteiger partial charge in [0.15, 0.2) is 0 Å². The maximum atomic E-state index is 12.7. The van der Waals surface area contributed by atoms with Crippen LogP contribution in [0.5, 0.6) is 5.88 Å². The van der Waals surface area contributed by atoms with Gasteiger partial charge >= 0.3 is 6.18 Å². The fraction of sp³-hybridized carbons (Fsp3) is 0.600. The summed E-state index contributed by atoms with van der Waals surface area (Å²) >= 11 is 2.07. The lowest BCUT2D eigenvalue weighted by Gasteiger charge is -2.37. The van der Waals surface area contributed by atoms with Crippen LogP contribution in [-0.2, 0) is 16.4 Å². The maximum absolute atomic E-state index is 12.7. The molecule has 2 aliphatic rings. The summed E-state index contributed by atoms with van der Waals surface area (Å²) in [5.74, 6) is -0.00418. The zero-order valence-corrected chi connectivity index (χ0v) is 14.4. The van der Waals surface area contributed by atoms with Gasteiger partial charge in [0, 0.05) is 11.0 Å². The quantitative estimate of drug-likeness (QED) is 0.568. The minimum atomic E-state index is -4.47. The van der Waals surface area contributed by atoms with Gasteiger partial charge in [-0.05, 0) is 37.7 Å². The van der Waals surface area contributed by atoms with E-state index in [4.69, 9.17) is 10.5 Å². The molecule has 2 heterocycles. The number of ether oxygens (including phenoxy) is 1. The number of nitrogens with zero attached hydrogens (tertiary/aromatic N) is 1. The van der Waals surface area contributed by atoms with E-state index >= 15 is 0 Å². The molecule has 23 heavy (non-hydrogen) atoms. The Morgan fingerprint density at radius 3 is 2.61 bits per heavy atom. The molecule has 1 amide bonds. The molecule has 0 radical (unpaired) electrons. The van der Waals surface area contributed by atoms with Crippen molar-refractivity contribution in [1.82, 2.24) is 4.98 Å². The lowest BCUT2D eigenvalue weighted by atomic mass is 9.67. The highest BCUT2D eigenvalue weighted by Gasteiger charge is 2.46. The second-order valence-electron chi connectivity index (χ2n) is 6.26. The molecule has 0 bridgehead atoms. The molecule has 1 spiro atoms. The van der Waals surface area contributed by atoms with Gasteiger partial charge in [0.2, 0.25) is 11.8 Å². The maximum Gasteiger partial charge on any atom is 0.433 e. The largest absolute Gasteiger partial charge is 0.476 e.